The molecule has 2 aliphatic rings. The van der Waals surface area contributed by atoms with Crippen LogP contribution in [0.1, 0.15) is 38.2 Å². The molecule has 0 bridgehead atoms. The molecule has 0 fully saturated rings. The van der Waals surface area contributed by atoms with Crippen LogP contribution in [0.3, 0.4) is 0 Å². The summed E-state index contributed by atoms with van der Waals surface area (Å²) in [5, 5.41) is 0. The van der Waals surface area contributed by atoms with Crippen molar-refractivity contribution in [2.24, 2.45) is 9.98 Å². The minimum Gasteiger partial charge on any atom is -0.493 e. The first-order valence-electron chi connectivity index (χ1n) is 20.0. The fraction of sp³-hybridized carbons (Fsp3) is 0.118. The normalized spacial score (nSPS) is 14.7. The van der Waals surface area contributed by atoms with Crippen LogP contribution in [0.5, 0.6) is 34.5 Å². The summed E-state index contributed by atoms with van der Waals surface area (Å²) in [6, 6.07) is 39.0. The molecule has 13 heteroatoms. The first-order chi connectivity index (χ1) is 31.2. The van der Waals surface area contributed by atoms with Crippen LogP contribution < -0.4 is 38.2 Å². The smallest absolute Gasteiger partial charge is 0.282 e. The number of amidine groups is 2. The molecule has 0 radical (unpaired) electrons. The van der Waals surface area contributed by atoms with Crippen LogP contribution in [-0.4, -0.2) is 71.9 Å². The lowest BCUT2D eigenvalue weighted by Gasteiger charge is -2.27. The van der Waals surface area contributed by atoms with E-state index in [9.17, 15) is 4.79 Å². The maximum absolute atomic E-state index is 15.1. The SMILES string of the molecule is COc1cc(/C=C2\N=C(c3ccccc3)N(c3ccc(C(=O)c4ccccc4)cc3N3C(=O)/C(=C/c4cc(OC)c(OC)c(OC)c4)N=C3c3ccccc3)C2=O)cc(OC)c1OC. The summed E-state index contributed by atoms with van der Waals surface area (Å²) in [5.74, 6) is 1.53. The molecule has 2 heterocycles. The second kappa shape index (κ2) is 18.3. The standard InChI is InChI=1S/C51H42N4O9/c1-59-41-26-31(27-42(60-2)46(41)63-5)24-37-50(57)54(48(52-37)34-18-12-8-13-19-34)39-23-22-36(45(56)33-16-10-7-11-17-33)30-40(39)55-49(35-20-14-9-15-21-35)53-38(51(55)58)25-32-28-43(61-3)47(64-6)44(29-32)62-4/h7-30H,1-6H3/b37-24-,38-25-. The molecule has 2 amide bonds. The Balaban J connectivity index is 1.34. The third-order valence-corrected chi connectivity index (χ3v) is 10.5. The molecule has 2 aliphatic heterocycles. The lowest BCUT2D eigenvalue weighted by molar-refractivity contribution is -0.114. The number of anilines is 2. The van der Waals surface area contributed by atoms with E-state index in [2.05, 4.69) is 0 Å². The van der Waals surface area contributed by atoms with Crippen molar-refractivity contribution in [2.75, 3.05) is 52.5 Å². The largest absolute Gasteiger partial charge is 0.493 e. The highest BCUT2D eigenvalue weighted by Gasteiger charge is 2.40. The van der Waals surface area contributed by atoms with E-state index in [0.717, 1.165) is 0 Å². The first kappa shape index (κ1) is 42.2. The Morgan fingerprint density at radius 3 is 1.23 bits per heavy atom. The maximum atomic E-state index is 15.1. The van der Waals surface area contributed by atoms with Crippen molar-refractivity contribution in [3.05, 3.63) is 178 Å². The van der Waals surface area contributed by atoms with Gasteiger partial charge < -0.3 is 28.4 Å². The lowest BCUT2D eigenvalue weighted by Crippen LogP contribution is -2.38. The van der Waals surface area contributed by atoms with Gasteiger partial charge in [0.2, 0.25) is 11.5 Å². The second-order valence-corrected chi connectivity index (χ2v) is 14.3. The Morgan fingerprint density at radius 1 is 0.453 bits per heavy atom. The Bertz CT molecular complexity index is 2860. The van der Waals surface area contributed by atoms with E-state index in [-0.39, 0.29) is 45.8 Å². The highest BCUT2D eigenvalue weighted by molar-refractivity contribution is 6.38. The molecular weight excluding hydrogens is 813 g/mol. The van der Waals surface area contributed by atoms with Crippen LogP contribution in [0.25, 0.3) is 12.2 Å². The summed E-state index contributed by atoms with van der Waals surface area (Å²) in [7, 11) is 9.04. The number of carbonyl (C=O) groups excluding carboxylic acids is 3. The van der Waals surface area contributed by atoms with Crippen LogP contribution in [0, 0.1) is 0 Å². The predicted molar refractivity (Wildman–Crippen MR) is 245 cm³/mol. The van der Waals surface area contributed by atoms with Gasteiger partial charge in [-0.25, -0.2) is 9.98 Å². The number of aliphatic imine (C=N–C) groups is 2. The lowest BCUT2D eigenvalue weighted by atomic mass is 10.0. The van der Waals surface area contributed by atoms with E-state index in [1.807, 2.05) is 66.7 Å². The molecule has 0 spiro atoms. The summed E-state index contributed by atoms with van der Waals surface area (Å²) >= 11 is 0. The van der Waals surface area contributed by atoms with Crippen LogP contribution in [-0.2, 0) is 9.59 Å². The number of hydrogen-bond donors (Lipinski definition) is 0. The van der Waals surface area contributed by atoms with E-state index in [1.54, 1.807) is 78.9 Å². The minimum atomic E-state index is -0.531. The third-order valence-electron chi connectivity index (χ3n) is 10.5. The summed E-state index contributed by atoms with van der Waals surface area (Å²) in [6.45, 7) is 0. The predicted octanol–water partition coefficient (Wildman–Crippen LogP) is 8.64. The average Bonchev–Trinajstić information content (AvgIpc) is 3.84. The van der Waals surface area contributed by atoms with Gasteiger partial charge in [0.15, 0.2) is 28.8 Å². The van der Waals surface area contributed by atoms with Gasteiger partial charge in [-0.1, -0.05) is 91.0 Å². The van der Waals surface area contributed by atoms with Gasteiger partial charge in [-0.3, -0.25) is 24.2 Å². The summed E-state index contributed by atoms with van der Waals surface area (Å²) in [4.78, 5) is 57.1. The molecule has 6 aromatic carbocycles. The fourth-order valence-corrected chi connectivity index (χ4v) is 7.52. The molecule has 8 rings (SSSR count). The molecule has 320 valence electrons. The van der Waals surface area contributed by atoms with Gasteiger partial charge in [0.1, 0.15) is 23.1 Å². The van der Waals surface area contributed by atoms with E-state index < -0.39 is 11.8 Å². The molecule has 6 aromatic rings. The molecule has 0 saturated heterocycles. The zero-order chi connectivity index (χ0) is 44.9. The Labute approximate surface area is 369 Å². The molecule has 64 heavy (non-hydrogen) atoms. The van der Waals surface area contributed by atoms with Crippen LogP contribution in [0.2, 0.25) is 0 Å². The molecular formula is C51H42N4O9. The number of rotatable bonds is 14. The summed E-state index contributed by atoms with van der Waals surface area (Å²) < 4.78 is 33.5. The highest BCUT2D eigenvalue weighted by Crippen LogP contribution is 2.43. The number of amides is 2. The van der Waals surface area contributed by atoms with E-state index in [0.29, 0.717) is 62.3 Å². The first-order valence-corrected chi connectivity index (χ1v) is 20.0. The van der Waals surface area contributed by atoms with Crippen LogP contribution in [0.15, 0.2) is 155 Å². The van der Waals surface area contributed by atoms with Gasteiger partial charge in [0.05, 0.1) is 54.0 Å². The summed E-state index contributed by atoms with van der Waals surface area (Å²) in [5.41, 5.74) is 3.62. The van der Waals surface area contributed by atoms with Gasteiger partial charge in [-0.2, -0.15) is 0 Å². The zero-order valence-electron chi connectivity index (χ0n) is 35.8. The van der Waals surface area contributed by atoms with Crippen molar-refractivity contribution in [3.63, 3.8) is 0 Å². The average molecular weight is 855 g/mol. The van der Waals surface area contributed by atoms with Crippen molar-refractivity contribution in [2.45, 2.75) is 0 Å². The molecule has 0 saturated carbocycles. The Hall–Kier alpha value is -8.45. The van der Waals surface area contributed by atoms with E-state index in [4.69, 9.17) is 38.4 Å². The van der Waals surface area contributed by atoms with Crippen molar-refractivity contribution in [1.29, 1.82) is 0 Å². The maximum Gasteiger partial charge on any atom is 0.282 e. The molecule has 0 unspecified atom stereocenters. The van der Waals surface area contributed by atoms with Gasteiger partial charge in [-0.15, -0.1) is 0 Å². The number of ether oxygens (including phenoxy) is 6. The molecule has 0 aliphatic carbocycles. The Morgan fingerprint density at radius 2 is 0.844 bits per heavy atom. The van der Waals surface area contributed by atoms with Crippen LogP contribution in [0.4, 0.5) is 11.4 Å². The second-order valence-electron chi connectivity index (χ2n) is 14.3. The fourth-order valence-electron chi connectivity index (χ4n) is 7.52. The van der Waals surface area contributed by atoms with Gasteiger partial charge >= 0.3 is 0 Å². The number of ketones is 1. The number of hydrogen-bond acceptors (Lipinski definition) is 11. The molecule has 13 nitrogen and oxygen atoms in total. The minimum absolute atomic E-state index is 0.0616. The number of benzene rings is 6. The summed E-state index contributed by atoms with van der Waals surface area (Å²) in [6.07, 6.45) is 3.24. The van der Waals surface area contributed by atoms with Crippen molar-refractivity contribution in [3.8, 4) is 34.5 Å². The highest BCUT2D eigenvalue weighted by atomic mass is 16.5. The van der Waals surface area contributed by atoms with Gasteiger partial charge in [0.25, 0.3) is 11.8 Å². The topological polar surface area (TPSA) is 138 Å². The van der Waals surface area contributed by atoms with Crippen molar-refractivity contribution >= 4 is 52.8 Å². The van der Waals surface area contributed by atoms with Crippen molar-refractivity contribution in [1.82, 2.24) is 0 Å². The number of carbonyl (C=O) groups is 3. The number of nitrogens with zero attached hydrogens (tertiary/aromatic N) is 4. The van der Waals surface area contributed by atoms with E-state index in [1.165, 1.54) is 52.5 Å². The molecule has 0 atom stereocenters. The van der Waals surface area contributed by atoms with Crippen molar-refractivity contribution < 1.29 is 42.8 Å². The third kappa shape index (κ3) is 7.93. The van der Waals surface area contributed by atoms with Gasteiger partial charge in [-0.05, 0) is 65.7 Å². The zero-order valence-corrected chi connectivity index (χ0v) is 35.8. The molecule has 0 aromatic heterocycles. The van der Waals surface area contributed by atoms with Gasteiger partial charge in [0, 0.05) is 22.3 Å². The molecule has 0 N–H and O–H groups in total. The quantitative estimate of drug-likeness (QED) is 0.0779. The Kier molecular flexibility index (Phi) is 12.1. The number of methoxy groups -OCH3 is 6. The van der Waals surface area contributed by atoms with E-state index >= 15 is 9.59 Å². The monoisotopic (exact) mass is 854 g/mol. The van der Waals surface area contributed by atoms with Crippen LogP contribution >= 0.6 is 0 Å².